The zero-order valence-electron chi connectivity index (χ0n) is 17.5. The molecule has 1 aliphatic heterocycles. The summed E-state index contributed by atoms with van der Waals surface area (Å²) in [5.41, 5.74) is 3.79. The van der Waals surface area contributed by atoms with Crippen molar-refractivity contribution in [2.45, 2.75) is 13.5 Å². The van der Waals surface area contributed by atoms with Crippen molar-refractivity contribution in [2.24, 2.45) is 5.10 Å². The van der Waals surface area contributed by atoms with Gasteiger partial charge in [0.15, 0.2) is 11.5 Å². The van der Waals surface area contributed by atoms with Gasteiger partial charge in [-0.05, 0) is 55.0 Å². The quantitative estimate of drug-likeness (QED) is 0.322. The number of nitrogens with zero attached hydrogens (tertiary/aromatic N) is 2. The number of methoxy groups -OCH3 is 1. The number of hydrazone groups is 1. The molecule has 162 valence electrons. The lowest BCUT2D eigenvalue weighted by Gasteiger charge is -2.13. The summed E-state index contributed by atoms with van der Waals surface area (Å²) in [4.78, 5) is 12.9. The van der Waals surface area contributed by atoms with Crippen molar-refractivity contribution in [2.75, 3.05) is 12.1 Å². The number of hydrogen-bond acceptors (Lipinski definition) is 4. The summed E-state index contributed by atoms with van der Waals surface area (Å²) in [5.74, 6) is 1.05. The summed E-state index contributed by atoms with van der Waals surface area (Å²) < 4.78 is 13.5. The number of benzene rings is 3. The Morgan fingerprint density at radius 1 is 1.00 bits per heavy atom. The molecule has 3 aromatic carbocycles. The maximum Gasteiger partial charge on any atom is 0.280 e. The second kappa shape index (κ2) is 9.71. The van der Waals surface area contributed by atoms with Crippen LogP contribution in [0.2, 0.25) is 0 Å². The van der Waals surface area contributed by atoms with Gasteiger partial charge in [-0.3, -0.25) is 4.79 Å². The second-order valence-corrected chi connectivity index (χ2v) is 8.90. The highest BCUT2D eigenvalue weighted by Crippen LogP contribution is 2.32. The number of halogens is 2. The Morgan fingerprint density at radius 2 is 1.78 bits per heavy atom. The minimum Gasteiger partial charge on any atom is -0.493 e. The van der Waals surface area contributed by atoms with Crippen LogP contribution in [0.5, 0.6) is 11.5 Å². The Balaban J connectivity index is 1.54. The summed E-state index contributed by atoms with van der Waals surface area (Å²) in [6.07, 6.45) is 1.82. The van der Waals surface area contributed by atoms with Gasteiger partial charge in [0, 0.05) is 14.5 Å². The van der Waals surface area contributed by atoms with Gasteiger partial charge in [-0.1, -0.05) is 62.2 Å². The predicted molar refractivity (Wildman–Crippen MR) is 134 cm³/mol. The number of amides is 1. The van der Waals surface area contributed by atoms with Crippen LogP contribution >= 0.6 is 31.9 Å². The van der Waals surface area contributed by atoms with Crippen LogP contribution in [0.25, 0.3) is 6.08 Å². The van der Waals surface area contributed by atoms with Crippen molar-refractivity contribution in [1.29, 1.82) is 0 Å². The number of hydrogen-bond donors (Lipinski definition) is 0. The van der Waals surface area contributed by atoms with Crippen molar-refractivity contribution in [3.8, 4) is 11.5 Å². The zero-order chi connectivity index (χ0) is 22.7. The highest BCUT2D eigenvalue weighted by molar-refractivity contribution is 9.11. The molecule has 5 nitrogen and oxygen atoms in total. The molecule has 0 unspecified atom stereocenters. The Morgan fingerprint density at radius 3 is 2.50 bits per heavy atom. The molecule has 1 amide bonds. The summed E-state index contributed by atoms with van der Waals surface area (Å²) in [6.45, 7) is 2.22. The van der Waals surface area contributed by atoms with Gasteiger partial charge in [0.1, 0.15) is 6.61 Å². The molecule has 0 N–H and O–H groups in total. The molecule has 0 bridgehead atoms. The number of ether oxygens (including phenoxy) is 2. The molecule has 0 fully saturated rings. The molecule has 1 aliphatic rings. The van der Waals surface area contributed by atoms with E-state index in [1.54, 1.807) is 7.11 Å². The van der Waals surface area contributed by atoms with Crippen molar-refractivity contribution in [1.82, 2.24) is 0 Å². The van der Waals surface area contributed by atoms with Gasteiger partial charge in [0.2, 0.25) is 0 Å². The first-order valence-electron chi connectivity index (χ1n) is 9.88. The molecule has 0 radical (unpaired) electrons. The van der Waals surface area contributed by atoms with Crippen LogP contribution in [0.4, 0.5) is 5.69 Å². The zero-order valence-corrected chi connectivity index (χ0v) is 20.7. The smallest absolute Gasteiger partial charge is 0.280 e. The third kappa shape index (κ3) is 4.79. The molecule has 0 aromatic heterocycles. The van der Waals surface area contributed by atoms with Gasteiger partial charge in [-0.25, -0.2) is 0 Å². The lowest BCUT2D eigenvalue weighted by atomic mass is 10.1. The first-order chi connectivity index (χ1) is 15.5. The predicted octanol–water partition coefficient (Wildman–Crippen LogP) is 6.61. The van der Waals surface area contributed by atoms with Crippen molar-refractivity contribution >= 4 is 55.2 Å². The molecule has 7 heteroatoms. The van der Waals surface area contributed by atoms with Gasteiger partial charge in [0.25, 0.3) is 5.91 Å². The van der Waals surface area contributed by atoms with Crippen molar-refractivity contribution in [3.63, 3.8) is 0 Å². The van der Waals surface area contributed by atoms with Gasteiger partial charge in [0.05, 0.1) is 24.1 Å². The lowest BCUT2D eigenvalue weighted by molar-refractivity contribution is -0.114. The van der Waals surface area contributed by atoms with Gasteiger partial charge in [-0.15, -0.1) is 0 Å². The molecular weight excluding hydrogens is 536 g/mol. The highest BCUT2D eigenvalue weighted by atomic mass is 79.9. The largest absolute Gasteiger partial charge is 0.493 e. The number of rotatable bonds is 6. The summed E-state index contributed by atoms with van der Waals surface area (Å²) in [6, 6.07) is 20.9. The van der Waals surface area contributed by atoms with Crippen LogP contribution in [-0.2, 0) is 11.4 Å². The van der Waals surface area contributed by atoms with E-state index in [2.05, 4.69) is 37.0 Å². The van der Waals surface area contributed by atoms with Crippen molar-refractivity contribution < 1.29 is 14.3 Å². The molecule has 0 saturated heterocycles. The lowest BCUT2D eigenvalue weighted by Crippen LogP contribution is -2.21. The van der Waals surface area contributed by atoms with Gasteiger partial charge < -0.3 is 9.47 Å². The van der Waals surface area contributed by atoms with E-state index in [1.165, 1.54) is 5.01 Å². The Hall–Kier alpha value is -2.90. The summed E-state index contributed by atoms with van der Waals surface area (Å²) in [5, 5.41) is 5.85. The van der Waals surface area contributed by atoms with Gasteiger partial charge in [-0.2, -0.15) is 10.1 Å². The minimum atomic E-state index is -0.159. The van der Waals surface area contributed by atoms with E-state index in [9.17, 15) is 4.79 Å². The van der Waals surface area contributed by atoms with Gasteiger partial charge >= 0.3 is 0 Å². The Kier molecular flexibility index (Phi) is 6.77. The first kappa shape index (κ1) is 22.3. The van der Waals surface area contributed by atoms with E-state index in [0.29, 0.717) is 29.4 Å². The standard InChI is InChI=1S/C25H20Br2N2O3/c1-16-21(25(30)29(28-16)20-6-4-3-5-7-20)12-17-8-11-23(24(13-17)31-2)32-15-18-9-10-19(26)14-22(18)27/h3-14H,15H2,1-2H3/b21-12+. The fourth-order valence-electron chi connectivity index (χ4n) is 3.28. The number of anilines is 1. The van der Waals surface area contributed by atoms with Crippen LogP contribution < -0.4 is 14.5 Å². The Labute approximate surface area is 203 Å². The van der Waals surface area contributed by atoms with Crippen LogP contribution in [0.3, 0.4) is 0 Å². The minimum absolute atomic E-state index is 0.159. The third-order valence-corrected chi connectivity index (χ3v) is 6.19. The SMILES string of the molecule is COc1cc(/C=C2/C(=O)N(c3ccccc3)N=C2C)ccc1OCc1ccc(Br)cc1Br. The van der Waals surface area contributed by atoms with Crippen LogP contribution in [0.1, 0.15) is 18.1 Å². The first-order valence-corrected chi connectivity index (χ1v) is 11.5. The molecule has 0 atom stereocenters. The summed E-state index contributed by atoms with van der Waals surface area (Å²) >= 11 is 7.01. The van der Waals surface area contributed by atoms with Crippen LogP contribution in [-0.4, -0.2) is 18.7 Å². The second-order valence-electron chi connectivity index (χ2n) is 7.13. The number of para-hydroxylation sites is 1. The number of carbonyl (C=O) groups excluding carboxylic acids is 1. The normalized spacial score (nSPS) is 14.6. The highest BCUT2D eigenvalue weighted by Gasteiger charge is 2.28. The fourth-order valence-corrected chi connectivity index (χ4v) is 4.44. The van der Waals surface area contributed by atoms with E-state index in [4.69, 9.17) is 9.47 Å². The van der Waals surface area contributed by atoms with Crippen molar-refractivity contribution in [3.05, 3.63) is 92.4 Å². The molecule has 3 aromatic rings. The molecular formula is C25H20Br2N2O3. The molecule has 1 heterocycles. The molecule has 0 saturated carbocycles. The maximum atomic E-state index is 12.9. The molecule has 4 rings (SSSR count). The molecule has 0 aliphatic carbocycles. The van der Waals surface area contributed by atoms with E-state index in [0.717, 1.165) is 25.8 Å². The van der Waals surface area contributed by atoms with Crippen LogP contribution in [0, 0.1) is 0 Å². The average Bonchev–Trinajstić information content (AvgIpc) is 3.08. The number of carbonyl (C=O) groups is 1. The van der Waals surface area contributed by atoms with Crippen LogP contribution in [0.15, 0.2) is 86.3 Å². The van der Waals surface area contributed by atoms with E-state index in [-0.39, 0.29) is 5.91 Å². The van der Waals surface area contributed by atoms with E-state index in [1.807, 2.05) is 79.7 Å². The monoisotopic (exact) mass is 554 g/mol. The Bertz CT molecular complexity index is 1220. The van der Waals surface area contributed by atoms with E-state index < -0.39 is 0 Å². The van der Waals surface area contributed by atoms with E-state index >= 15 is 0 Å². The molecule has 0 spiro atoms. The fraction of sp³-hybridized carbons (Fsp3) is 0.120. The molecule has 32 heavy (non-hydrogen) atoms. The maximum absolute atomic E-state index is 12.9. The third-order valence-electron chi connectivity index (χ3n) is 4.96. The average molecular weight is 556 g/mol. The topological polar surface area (TPSA) is 51.1 Å². The summed E-state index contributed by atoms with van der Waals surface area (Å²) in [7, 11) is 1.60.